The number of carbonyl (C=O) groups is 1. The van der Waals surface area contributed by atoms with Crippen LogP contribution in [0.3, 0.4) is 0 Å². The Morgan fingerprint density at radius 2 is 1.85 bits per heavy atom. The molecular formula is C30H40N4O6S. The van der Waals surface area contributed by atoms with Gasteiger partial charge in [-0.15, -0.1) is 0 Å². The Morgan fingerprint density at radius 3 is 2.56 bits per heavy atom. The van der Waals surface area contributed by atoms with Crippen LogP contribution in [0.15, 0.2) is 35.2 Å². The molecule has 0 unspecified atom stereocenters. The molecule has 1 amide bonds. The summed E-state index contributed by atoms with van der Waals surface area (Å²) < 4.78 is 40.4. The predicted octanol–water partition coefficient (Wildman–Crippen LogP) is 3.14. The van der Waals surface area contributed by atoms with Gasteiger partial charge in [0.15, 0.2) is 0 Å². The molecule has 3 fully saturated rings. The van der Waals surface area contributed by atoms with E-state index in [1.807, 2.05) is 12.1 Å². The van der Waals surface area contributed by atoms with Gasteiger partial charge in [0.1, 0.15) is 5.75 Å². The van der Waals surface area contributed by atoms with Crippen molar-refractivity contribution in [3.63, 3.8) is 0 Å². The van der Waals surface area contributed by atoms with Crippen LogP contribution >= 0.6 is 0 Å². The van der Waals surface area contributed by atoms with Gasteiger partial charge in [0.2, 0.25) is 10.0 Å². The lowest BCUT2D eigenvalue weighted by Gasteiger charge is -2.35. The van der Waals surface area contributed by atoms with E-state index in [9.17, 15) is 18.3 Å². The smallest absolute Gasteiger partial charge is 0.257 e. The number of piperidine rings is 1. The summed E-state index contributed by atoms with van der Waals surface area (Å²) in [5.74, 6) is 0.590. The van der Waals surface area contributed by atoms with Crippen LogP contribution in [0, 0.1) is 5.41 Å². The topological polar surface area (TPSA) is 120 Å². The number of nitrogens with zero attached hydrogens (tertiary/aromatic N) is 2. The molecule has 0 radical (unpaired) electrons. The van der Waals surface area contributed by atoms with Gasteiger partial charge in [0, 0.05) is 49.9 Å². The van der Waals surface area contributed by atoms with Crippen LogP contribution in [0.5, 0.6) is 5.75 Å². The van der Waals surface area contributed by atoms with Gasteiger partial charge in [-0.3, -0.25) is 4.79 Å². The van der Waals surface area contributed by atoms with E-state index in [1.54, 1.807) is 19.1 Å². The molecule has 10 nitrogen and oxygen atoms in total. The van der Waals surface area contributed by atoms with Crippen LogP contribution in [0.1, 0.15) is 55.5 Å². The zero-order chi connectivity index (χ0) is 28.8. The molecule has 2 saturated heterocycles. The van der Waals surface area contributed by atoms with E-state index in [1.165, 1.54) is 18.9 Å². The zero-order valence-corrected chi connectivity index (χ0v) is 24.6. The SMILES string of the molecule is C[C@H](CO)NS(=O)(=O)c1ccc(C(=O)Nc2cc3c(c(N4CCO[C@H](C)C4)c2)OCC3)c(N2CCC3(CC2)CC3)c1. The number of ether oxygens (including phenoxy) is 2. The molecule has 11 heteroatoms. The van der Waals surface area contributed by atoms with Crippen molar-refractivity contribution in [3.05, 3.63) is 41.5 Å². The second kappa shape index (κ2) is 11.1. The number of hydrogen-bond donors (Lipinski definition) is 3. The third-order valence-electron chi connectivity index (χ3n) is 8.88. The molecule has 1 aliphatic carbocycles. The van der Waals surface area contributed by atoms with Crippen LogP contribution < -0.4 is 24.6 Å². The molecule has 41 heavy (non-hydrogen) atoms. The summed E-state index contributed by atoms with van der Waals surface area (Å²) >= 11 is 0. The van der Waals surface area contributed by atoms with Crippen molar-refractivity contribution in [1.29, 1.82) is 0 Å². The molecule has 2 aromatic carbocycles. The molecule has 3 heterocycles. The Kier molecular flexibility index (Phi) is 7.65. The van der Waals surface area contributed by atoms with E-state index in [0.717, 1.165) is 62.4 Å². The van der Waals surface area contributed by atoms with E-state index < -0.39 is 16.1 Å². The fourth-order valence-electron chi connectivity index (χ4n) is 6.23. The maximum absolute atomic E-state index is 13.8. The Hall–Kier alpha value is -2.86. The number of sulfonamides is 1. The summed E-state index contributed by atoms with van der Waals surface area (Å²) in [4.78, 5) is 18.3. The number of aliphatic hydroxyl groups excluding tert-OH is 1. The monoisotopic (exact) mass is 584 g/mol. The van der Waals surface area contributed by atoms with Crippen molar-refractivity contribution in [3.8, 4) is 5.75 Å². The van der Waals surface area contributed by atoms with E-state index in [4.69, 9.17) is 9.47 Å². The number of hydrogen-bond acceptors (Lipinski definition) is 8. The Morgan fingerprint density at radius 1 is 1.07 bits per heavy atom. The highest BCUT2D eigenvalue weighted by Gasteiger charge is 2.44. The number of carbonyl (C=O) groups excluding carboxylic acids is 1. The summed E-state index contributed by atoms with van der Waals surface area (Å²) in [5, 5.41) is 12.5. The highest BCUT2D eigenvalue weighted by Crippen LogP contribution is 2.54. The highest BCUT2D eigenvalue weighted by molar-refractivity contribution is 7.89. The van der Waals surface area contributed by atoms with Crippen molar-refractivity contribution >= 4 is 33.0 Å². The Bertz CT molecular complexity index is 1420. The first-order valence-electron chi connectivity index (χ1n) is 14.7. The number of morpholine rings is 1. The number of aliphatic hydroxyl groups is 1. The fourth-order valence-corrected chi connectivity index (χ4v) is 7.49. The third kappa shape index (κ3) is 5.90. The second-order valence-electron chi connectivity index (χ2n) is 12.0. The molecule has 6 rings (SSSR count). The largest absolute Gasteiger partial charge is 0.491 e. The lowest BCUT2D eigenvalue weighted by molar-refractivity contribution is 0.0530. The van der Waals surface area contributed by atoms with Crippen LogP contribution in [0.25, 0.3) is 0 Å². The van der Waals surface area contributed by atoms with E-state index in [2.05, 4.69) is 26.8 Å². The first-order chi connectivity index (χ1) is 19.7. The lowest BCUT2D eigenvalue weighted by atomic mass is 9.93. The first-order valence-corrected chi connectivity index (χ1v) is 16.1. The number of anilines is 3. The molecule has 1 spiro atoms. The Balaban J connectivity index is 1.31. The predicted molar refractivity (Wildman–Crippen MR) is 158 cm³/mol. The molecule has 0 aromatic heterocycles. The summed E-state index contributed by atoms with van der Waals surface area (Å²) in [6, 6.07) is 7.99. The maximum atomic E-state index is 13.8. The molecule has 1 saturated carbocycles. The average molecular weight is 585 g/mol. The number of rotatable bonds is 8. The number of fused-ring (bicyclic) bond motifs is 1. The van der Waals surface area contributed by atoms with Crippen LogP contribution in [0.4, 0.5) is 17.1 Å². The lowest BCUT2D eigenvalue weighted by Crippen LogP contribution is -2.41. The van der Waals surface area contributed by atoms with Crippen LogP contribution in [-0.2, 0) is 21.2 Å². The van der Waals surface area contributed by atoms with Crippen LogP contribution in [-0.4, -0.2) is 77.6 Å². The molecule has 2 aromatic rings. The summed E-state index contributed by atoms with van der Waals surface area (Å²) in [6.45, 7) is 7.64. The van der Waals surface area contributed by atoms with Gasteiger partial charge in [-0.2, -0.15) is 0 Å². The normalized spacial score (nSPS) is 22.3. The van der Waals surface area contributed by atoms with Gasteiger partial charge < -0.3 is 29.7 Å². The van der Waals surface area contributed by atoms with Crippen molar-refractivity contribution < 1.29 is 27.8 Å². The summed E-state index contributed by atoms with van der Waals surface area (Å²) in [6.07, 6.45) is 5.45. The fraction of sp³-hybridized carbons (Fsp3) is 0.567. The quantitative estimate of drug-likeness (QED) is 0.433. The Labute approximate surface area is 242 Å². The van der Waals surface area contributed by atoms with E-state index >= 15 is 0 Å². The number of benzene rings is 2. The second-order valence-corrected chi connectivity index (χ2v) is 13.7. The van der Waals surface area contributed by atoms with E-state index in [-0.39, 0.29) is 23.5 Å². The minimum atomic E-state index is -3.87. The summed E-state index contributed by atoms with van der Waals surface area (Å²) in [5.41, 5.74) is 4.19. The van der Waals surface area contributed by atoms with Gasteiger partial charge in [-0.25, -0.2) is 13.1 Å². The minimum Gasteiger partial charge on any atom is -0.491 e. The van der Waals surface area contributed by atoms with Crippen molar-refractivity contribution in [1.82, 2.24) is 4.72 Å². The first kappa shape index (κ1) is 28.3. The molecule has 222 valence electrons. The van der Waals surface area contributed by atoms with Crippen LogP contribution in [0.2, 0.25) is 0 Å². The summed E-state index contributed by atoms with van der Waals surface area (Å²) in [7, 11) is -3.87. The number of amides is 1. The van der Waals surface area contributed by atoms with Crippen molar-refractivity contribution in [2.45, 2.75) is 63.0 Å². The highest BCUT2D eigenvalue weighted by atomic mass is 32.2. The average Bonchev–Trinajstić information content (AvgIpc) is 3.53. The van der Waals surface area contributed by atoms with Crippen molar-refractivity contribution in [2.24, 2.45) is 5.41 Å². The molecule has 4 aliphatic rings. The molecule has 0 bridgehead atoms. The number of nitrogens with one attached hydrogen (secondary N) is 2. The van der Waals surface area contributed by atoms with Gasteiger partial charge in [0.05, 0.1) is 47.8 Å². The van der Waals surface area contributed by atoms with Gasteiger partial charge in [0.25, 0.3) is 5.91 Å². The molecule has 3 N–H and O–H groups in total. The zero-order valence-electron chi connectivity index (χ0n) is 23.8. The maximum Gasteiger partial charge on any atom is 0.257 e. The standard InChI is InChI=1S/C30H40N4O6S/c1-20(19-35)32-41(37,38)24-3-4-25(26(17-24)33-10-8-30(6-7-30)9-11-33)29(36)31-23-15-22-5-13-40-28(22)27(16-23)34-12-14-39-21(2)18-34/h3-4,15-17,20-21,32,35H,5-14,18-19H2,1-2H3,(H,31,36)/t20-,21-/m1/s1. The van der Waals surface area contributed by atoms with Crippen molar-refractivity contribution in [2.75, 3.05) is 61.1 Å². The van der Waals surface area contributed by atoms with Gasteiger partial charge in [-0.1, -0.05) is 0 Å². The third-order valence-corrected chi connectivity index (χ3v) is 10.5. The van der Waals surface area contributed by atoms with Gasteiger partial charge >= 0.3 is 0 Å². The molecule has 2 atom stereocenters. The van der Waals surface area contributed by atoms with E-state index in [0.29, 0.717) is 35.6 Å². The molecule has 3 aliphatic heterocycles. The molecular weight excluding hydrogens is 544 g/mol. The minimum absolute atomic E-state index is 0.0782. The van der Waals surface area contributed by atoms with Gasteiger partial charge in [-0.05, 0) is 75.3 Å².